The lowest BCUT2D eigenvalue weighted by atomic mass is 10.0. The third-order valence-corrected chi connectivity index (χ3v) is 3.72. The van der Waals surface area contributed by atoms with Gasteiger partial charge in [-0.25, -0.2) is 0 Å². The van der Waals surface area contributed by atoms with Crippen LogP contribution in [0, 0.1) is 0 Å². The predicted molar refractivity (Wildman–Crippen MR) is 85.8 cm³/mol. The highest BCUT2D eigenvalue weighted by molar-refractivity contribution is 9.10. The minimum Gasteiger partial charge on any atom is -0.378 e. The van der Waals surface area contributed by atoms with Crippen molar-refractivity contribution in [3.63, 3.8) is 0 Å². The lowest BCUT2D eigenvalue weighted by Crippen LogP contribution is -2.12. The van der Waals surface area contributed by atoms with E-state index in [0.717, 1.165) is 16.6 Å². The number of amides is 1. The molecule has 1 amide bonds. The smallest absolute Gasteiger partial charge is 0.248 e. The van der Waals surface area contributed by atoms with Crippen molar-refractivity contribution in [3.05, 3.63) is 64.1 Å². The molecule has 0 saturated carbocycles. The molecule has 0 spiro atoms. The highest BCUT2D eigenvalue weighted by atomic mass is 79.9. The molecule has 2 aromatic rings. The Morgan fingerprint density at radius 3 is 2.25 bits per heavy atom. The van der Waals surface area contributed by atoms with E-state index in [2.05, 4.69) is 40.3 Å². The summed E-state index contributed by atoms with van der Waals surface area (Å²) in [6, 6.07) is 15.7. The molecule has 0 aliphatic rings. The van der Waals surface area contributed by atoms with E-state index in [4.69, 9.17) is 5.73 Å². The first-order valence-electron chi connectivity index (χ1n) is 6.52. The second kappa shape index (κ2) is 6.57. The quantitative estimate of drug-likeness (QED) is 0.865. The van der Waals surface area contributed by atoms with Crippen LogP contribution in [-0.4, -0.2) is 5.91 Å². The van der Waals surface area contributed by atoms with Gasteiger partial charge < -0.3 is 11.1 Å². The number of benzene rings is 2. The molecule has 0 saturated heterocycles. The number of carbonyl (C=O) groups excluding carboxylic acids is 1. The first-order chi connectivity index (χ1) is 9.60. The van der Waals surface area contributed by atoms with Gasteiger partial charge >= 0.3 is 0 Å². The summed E-state index contributed by atoms with van der Waals surface area (Å²) in [5, 5.41) is 3.46. The Balaban J connectivity index is 2.13. The summed E-state index contributed by atoms with van der Waals surface area (Å²) < 4.78 is 1.07. The summed E-state index contributed by atoms with van der Waals surface area (Å²) in [7, 11) is 0. The summed E-state index contributed by atoms with van der Waals surface area (Å²) in [6.07, 6.45) is 0.971. The van der Waals surface area contributed by atoms with Crippen molar-refractivity contribution < 1.29 is 4.79 Å². The molecule has 0 aliphatic carbocycles. The normalized spacial score (nSPS) is 11.9. The van der Waals surface area contributed by atoms with Crippen LogP contribution in [0.1, 0.15) is 35.3 Å². The molecule has 3 nitrogen and oxygen atoms in total. The number of primary amides is 1. The van der Waals surface area contributed by atoms with E-state index in [9.17, 15) is 4.79 Å². The van der Waals surface area contributed by atoms with Crippen molar-refractivity contribution in [2.45, 2.75) is 19.4 Å². The third-order valence-electron chi connectivity index (χ3n) is 3.19. The van der Waals surface area contributed by atoms with Gasteiger partial charge in [0, 0.05) is 15.7 Å². The Morgan fingerprint density at radius 1 is 1.15 bits per heavy atom. The van der Waals surface area contributed by atoms with Crippen molar-refractivity contribution in [3.8, 4) is 0 Å². The molecule has 0 aromatic heterocycles. The monoisotopic (exact) mass is 332 g/mol. The molecule has 0 fully saturated rings. The number of hydrogen-bond acceptors (Lipinski definition) is 2. The fourth-order valence-electron chi connectivity index (χ4n) is 2.05. The Bertz CT molecular complexity index is 578. The van der Waals surface area contributed by atoms with Crippen LogP contribution in [0.5, 0.6) is 0 Å². The minimum absolute atomic E-state index is 0.238. The van der Waals surface area contributed by atoms with Crippen LogP contribution in [-0.2, 0) is 0 Å². The zero-order valence-corrected chi connectivity index (χ0v) is 12.9. The summed E-state index contributed by atoms with van der Waals surface area (Å²) in [6.45, 7) is 2.14. The first-order valence-corrected chi connectivity index (χ1v) is 7.31. The van der Waals surface area contributed by atoms with Crippen LogP contribution in [0.2, 0.25) is 0 Å². The average Bonchev–Trinajstić information content (AvgIpc) is 2.46. The van der Waals surface area contributed by atoms with Gasteiger partial charge in [-0.05, 0) is 48.4 Å². The molecule has 0 radical (unpaired) electrons. The molecule has 0 aliphatic heterocycles. The first kappa shape index (κ1) is 14.6. The second-order valence-electron chi connectivity index (χ2n) is 4.60. The average molecular weight is 333 g/mol. The van der Waals surface area contributed by atoms with Crippen LogP contribution in [0.4, 0.5) is 5.69 Å². The van der Waals surface area contributed by atoms with E-state index in [0.29, 0.717) is 5.56 Å². The van der Waals surface area contributed by atoms with Gasteiger partial charge in [-0.3, -0.25) is 4.79 Å². The summed E-state index contributed by atoms with van der Waals surface area (Å²) in [5.74, 6) is -0.406. The van der Waals surface area contributed by atoms with Crippen molar-refractivity contribution in [2.75, 3.05) is 5.32 Å². The van der Waals surface area contributed by atoms with E-state index in [1.165, 1.54) is 5.56 Å². The van der Waals surface area contributed by atoms with E-state index in [1.54, 1.807) is 12.1 Å². The number of nitrogens with two attached hydrogens (primary N) is 1. The maximum atomic E-state index is 11.0. The summed E-state index contributed by atoms with van der Waals surface area (Å²) >= 11 is 3.44. The molecule has 0 heterocycles. The molecule has 4 heteroatoms. The number of anilines is 1. The van der Waals surface area contributed by atoms with Crippen molar-refractivity contribution in [2.24, 2.45) is 5.73 Å². The number of halogens is 1. The number of nitrogens with one attached hydrogen (secondary N) is 1. The van der Waals surface area contributed by atoms with Crippen LogP contribution in [0.3, 0.4) is 0 Å². The molecule has 0 bridgehead atoms. The lowest BCUT2D eigenvalue weighted by Gasteiger charge is -2.19. The minimum atomic E-state index is -0.406. The van der Waals surface area contributed by atoms with E-state index in [-0.39, 0.29) is 6.04 Å². The van der Waals surface area contributed by atoms with Gasteiger partial charge in [0.2, 0.25) is 5.91 Å². The van der Waals surface area contributed by atoms with Gasteiger partial charge in [0.15, 0.2) is 0 Å². The second-order valence-corrected chi connectivity index (χ2v) is 5.51. The Labute approximate surface area is 127 Å². The molecule has 20 heavy (non-hydrogen) atoms. The van der Waals surface area contributed by atoms with Gasteiger partial charge in [-0.15, -0.1) is 0 Å². The molecule has 104 valence electrons. The Morgan fingerprint density at radius 2 is 1.75 bits per heavy atom. The summed E-state index contributed by atoms with van der Waals surface area (Å²) in [4.78, 5) is 11.0. The van der Waals surface area contributed by atoms with Crippen LogP contribution in [0.25, 0.3) is 0 Å². The molecule has 1 unspecified atom stereocenters. The highest BCUT2D eigenvalue weighted by Gasteiger charge is 2.09. The van der Waals surface area contributed by atoms with E-state index in [1.807, 2.05) is 24.3 Å². The maximum Gasteiger partial charge on any atom is 0.248 e. The van der Waals surface area contributed by atoms with Crippen molar-refractivity contribution in [1.82, 2.24) is 0 Å². The van der Waals surface area contributed by atoms with E-state index < -0.39 is 5.91 Å². The van der Waals surface area contributed by atoms with Crippen LogP contribution < -0.4 is 11.1 Å². The highest BCUT2D eigenvalue weighted by Crippen LogP contribution is 2.24. The Kier molecular flexibility index (Phi) is 4.79. The van der Waals surface area contributed by atoms with Gasteiger partial charge in [0.05, 0.1) is 6.04 Å². The van der Waals surface area contributed by atoms with Crippen LogP contribution in [0.15, 0.2) is 53.0 Å². The topological polar surface area (TPSA) is 55.1 Å². The zero-order chi connectivity index (χ0) is 14.5. The van der Waals surface area contributed by atoms with E-state index >= 15 is 0 Å². The van der Waals surface area contributed by atoms with Crippen molar-refractivity contribution in [1.29, 1.82) is 0 Å². The largest absolute Gasteiger partial charge is 0.378 e. The third kappa shape index (κ3) is 3.61. The van der Waals surface area contributed by atoms with Crippen LogP contribution >= 0.6 is 15.9 Å². The number of carbonyl (C=O) groups is 1. The summed E-state index contributed by atoms with van der Waals surface area (Å²) in [5.41, 5.74) is 7.96. The number of hydrogen-bond donors (Lipinski definition) is 2. The zero-order valence-electron chi connectivity index (χ0n) is 11.3. The Hall–Kier alpha value is -1.81. The molecule has 3 N–H and O–H groups in total. The molecule has 1 atom stereocenters. The van der Waals surface area contributed by atoms with Gasteiger partial charge in [0.25, 0.3) is 0 Å². The van der Waals surface area contributed by atoms with Gasteiger partial charge in [0.1, 0.15) is 0 Å². The predicted octanol–water partition coefficient (Wildman–Crippen LogP) is 4.11. The maximum absolute atomic E-state index is 11.0. The number of rotatable bonds is 5. The SMILES string of the molecule is CCC(Nc1ccc(C(N)=O)cc1)c1ccc(Br)cc1. The fraction of sp³-hybridized carbons (Fsp3) is 0.188. The van der Waals surface area contributed by atoms with Crippen molar-refractivity contribution >= 4 is 27.5 Å². The molecular formula is C16H17BrN2O. The van der Waals surface area contributed by atoms with Gasteiger partial charge in [-0.2, -0.15) is 0 Å². The lowest BCUT2D eigenvalue weighted by molar-refractivity contribution is 0.100. The molecule has 2 rings (SSSR count). The fourth-order valence-corrected chi connectivity index (χ4v) is 2.31. The molecule has 2 aromatic carbocycles. The standard InChI is InChI=1S/C16H17BrN2O/c1-2-15(11-3-7-13(17)8-4-11)19-14-9-5-12(6-10-14)16(18)20/h3-10,15,19H,2H2,1H3,(H2,18,20). The van der Waals surface area contributed by atoms with Gasteiger partial charge in [-0.1, -0.05) is 35.0 Å². The molecular weight excluding hydrogens is 316 g/mol.